The third-order valence-corrected chi connectivity index (χ3v) is 4.56. The number of hydrogen-bond acceptors (Lipinski definition) is 4. The van der Waals surface area contributed by atoms with Gasteiger partial charge in [-0.25, -0.2) is 9.59 Å². The monoisotopic (exact) mass is 312 g/mol. The number of likely N-dealkylation sites (tertiary alicyclic amines) is 1. The normalized spacial score (nSPS) is 21.9. The van der Waals surface area contributed by atoms with E-state index in [0.717, 1.165) is 6.54 Å². The van der Waals surface area contributed by atoms with E-state index >= 15 is 0 Å². The van der Waals surface area contributed by atoms with Crippen molar-refractivity contribution in [1.29, 1.82) is 0 Å². The number of nitrogens with zero attached hydrogens (tertiary/aromatic N) is 1. The molecule has 1 heterocycles. The number of aliphatic carboxylic acids is 2. The Balaban J connectivity index is 0.000000261. The summed E-state index contributed by atoms with van der Waals surface area (Å²) in [6, 6.07) is 0. The summed E-state index contributed by atoms with van der Waals surface area (Å²) in [5.41, 5.74) is 6.43. The predicted octanol–water partition coefficient (Wildman–Crippen LogP) is 1.85. The summed E-state index contributed by atoms with van der Waals surface area (Å²) in [4.78, 5) is 21.8. The van der Waals surface area contributed by atoms with E-state index in [0.29, 0.717) is 17.7 Å². The van der Waals surface area contributed by atoms with E-state index in [-0.39, 0.29) is 0 Å². The Kier molecular flexibility index (Phi) is 8.12. The molecule has 1 aliphatic heterocycles. The van der Waals surface area contributed by atoms with Crippen LogP contribution in [-0.4, -0.2) is 52.2 Å². The van der Waals surface area contributed by atoms with Gasteiger partial charge in [-0.3, -0.25) is 4.90 Å². The zero-order chi connectivity index (χ0) is 16.4. The molecule has 0 aromatic rings. The van der Waals surface area contributed by atoms with Crippen LogP contribution in [0.5, 0.6) is 0 Å². The molecule has 6 heteroatoms. The number of carboxylic acids is 2. The lowest BCUT2D eigenvalue weighted by Crippen LogP contribution is -2.56. The molecule has 0 aromatic carbocycles. The lowest BCUT2D eigenvalue weighted by atomic mass is 9.79. The number of nitrogens with two attached hydrogens (primary N) is 1. The molecule has 0 amide bonds. The third kappa shape index (κ3) is 6.15. The Morgan fingerprint density at radius 1 is 0.909 bits per heavy atom. The fourth-order valence-corrected chi connectivity index (χ4v) is 3.37. The molecule has 4 N–H and O–H groups in total. The number of carboxylic acid groups (broad SMARTS) is 2. The molecule has 1 aliphatic carbocycles. The molecular formula is C16H28N2O4. The number of piperidine rings is 1. The molecule has 2 rings (SSSR count). The number of rotatable bonds is 4. The summed E-state index contributed by atoms with van der Waals surface area (Å²) >= 11 is 0. The smallest absolute Gasteiger partial charge is 0.328 e. The first-order valence-corrected chi connectivity index (χ1v) is 8.09. The van der Waals surface area contributed by atoms with Crippen molar-refractivity contribution < 1.29 is 19.8 Å². The van der Waals surface area contributed by atoms with Crippen LogP contribution < -0.4 is 5.73 Å². The Hall–Kier alpha value is -1.40. The molecule has 0 unspecified atom stereocenters. The van der Waals surface area contributed by atoms with Crippen molar-refractivity contribution in [3.05, 3.63) is 12.2 Å². The van der Waals surface area contributed by atoms with Gasteiger partial charge in [-0.15, -0.1) is 0 Å². The van der Waals surface area contributed by atoms with Gasteiger partial charge < -0.3 is 15.9 Å². The Morgan fingerprint density at radius 3 is 1.77 bits per heavy atom. The summed E-state index contributed by atoms with van der Waals surface area (Å²) in [5.74, 6) is -2.51. The van der Waals surface area contributed by atoms with Gasteiger partial charge in [0.25, 0.3) is 0 Å². The summed E-state index contributed by atoms with van der Waals surface area (Å²) in [5, 5.41) is 15.6. The topological polar surface area (TPSA) is 104 Å². The summed E-state index contributed by atoms with van der Waals surface area (Å²) < 4.78 is 0. The molecular weight excluding hydrogens is 284 g/mol. The van der Waals surface area contributed by atoms with Crippen molar-refractivity contribution >= 4 is 11.9 Å². The first-order chi connectivity index (χ1) is 10.5. The van der Waals surface area contributed by atoms with Crippen LogP contribution in [0.2, 0.25) is 0 Å². The van der Waals surface area contributed by atoms with Crippen LogP contribution in [0.1, 0.15) is 51.4 Å². The lowest BCUT2D eigenvalue weighted by molar-refractivity contribution is -0.134. The SMILES string of the molecule is NCC1(N2CCCCC2)CCCCC1.O=C(O)/C=C/C(=O)O. The van der Waals surface area contributed by atoms with E-state index in [4.69, 9.17) is 15.9 Å². The van der Waals surface area contributed by atoms with Crippen LogP contribution in [0.4, 0.5) is 0 Å². The van der Waals surface area contributed by atoms with Crippen molar-refractivity contribution in [2.24, 2.45) is 5.73 Å². The fourth-order valence-electron chi connectivity index (χ4n) is 3.37. The average Bonchev–Trinajstić information content (AvgIpc) is 2.55. The van der Waals surface area contributed by atoms with E-state index in [1.165, 1.54) is 64.5 Å². The summed E-state index contributed by atoms with van der Waals surface area (Å²) in [7, 11) is 0. The number of carbonyl (C=O) groups is 2. The average molecular weight is 312 g/mol. The van der Waals surface area contributed by atoms with Crippen LogP contribution in [0.15, 0.2) is 12.2 Å². The molecule has 1 saturated carbocycles. The van der Waals surface area contributed by atoms with Crippen LogP contribution in [0, 0.1) is 0 Å². The standard InChI is InChI=1S/C12H24N2.C4H4O4/c13-11-12(7-3-1-4-8-12)14-9-5-2-6-10-14;5-3(6)1-2-4(7)8/h1-11,13H2;1-2H,(H,5,6)(H,7,8)/b;2-1+. The van der Waals surface area contributed by atoms with Crippen LogP contribution in [0.25, 0.3) is 0 Å². The zero-order valence-corrected chi connectivity index (χ0v) is 13.2. The molecule has 1 saturated heterocycles. The highest BCUT2D eigenvalue weighted by atomic mass is 16.4. The van der Waals surface area contributed by atoms with E-state index in [1.54, 1.807) is 0 Å². The van der Waals surface area contributed by atoms with Gasteiger partial charge in [0, 0.05) is 24.2 Å². The Labute approximate surface area is 132 Å². The maximum atomic E-state index is 9.55. The van der Waals surface area contributed by atoms with Crippen molar-refractivity contribution in [1.82, 2.24) is 4.90 Å². The van der Waals surface area contributed by atoms with Crippen LogP contribution >= 0.6 is 0 Å². The molecule has 0 spiro atoms. The van der Waals surface area contributed by atoms with E-state index in [1.807, 2.05) is 0 Å². The van der Waals surface area contributed by atoms with Gasteiger partial charge >= 0.3 is 11.9 Å². The molecule has 2 aliphatic rings. The second kappa shape index (κ2) is 9.58. The molecule has 0 bridgehead atoms. The number of hydrogen-bond donors (Lipinski definition) is 3. The van der Waals surface area contributed by atoms with E-state index < -0.39 is 11.9 Å². The first kappa shape index (κ1) is 18.6. The van der Waals surface area contributed by atoms with Gasteiger partial charge in [-0.2, -0.15) is 0 Å². The lowest BCUT2D eigenvalue weighted by Gasteiger charge is -2.47. The second-order valence-corrected chi connectivity index (χ2v) is 6.05. The zero-order valence-electron chi connectivity index (χ0n) is 13.2. The van der Waals surface area contributed by atoms with E-state index in [9.17, 15) is 9.59 Å². The minimum Gasteiger partial charge on any atom is -0.478 e. The first-order valence-electron chi connectivity index (χ1n) is 8.09. The van der Waals surface area contributed by atoms with Crippen LogP contribution in [0.3, 0.4) is 0 Å². The van der Waals surface area contributed by atoms with Gasteiger partial charge in [0.15, 0.2) is 0 Å². The molecule has 0 radical (unpaired) electrons. The molecule has 6 nitrogen and oxygen atoms in total. The van der Waals surface area contributed by atoms with Gasteiger partial charge in [0.05, 0.1) is 0 Å². The maximum absolute atomic E-state index is 9.55. The largest absolute Gasteiger partial charge is 0.478 e. The van der Waals surface area contributed by atoms with Crippen molar-refractivity contribution in [2.45, 2.75) is 56.9 Å². The minimum atomic E-state index is -1.26. The molecule has 126 valence electrons. The quantitative estimate of drug-likeness (QED) is 0.684. The van der Waals surface area contributed by atoms with Gasteiger partial charge in [0.1, 0.15) is 0 Å². The van der Waals surface area contributed by atoms with Crippen molar-refractivity contribution in [3.8, 4) is 0 Å². The fraction of sp³-hybridized carbons (Fsp3) is 0.750. The highest BCUT2D eigenvalue weighted by Gasteiger charge is 2.36. The van der Waals surface area contributed by atoms with Crippen molar-refractivity contribution in [2.75, 3.05) is 19.6 Å². The molecule has 0 atom stereocenters. The highest BCUT2D eigenvalue weighted by Crippen LogP contribution is 2.34. The summed E-state index contributed by atoms with van der Waals surface area (Å²) in [6.45, 7) is 3.49. The Bertz CT molecular complexity index is 368. The maximum Gasteiger partial charge on any atom is 0.328 e. The molecule has 2 fully saturated rings. The molecule has 0 aromatic heterocycles. The minimum absolute atomic E-state index is 0.401. The van der Waals surface area contributed by atoms with E-state index in [2.05, 4.69) is 4.90 Å². The van der Waals surface area contributed by atoms with Gasteiger partial charge in [-0.1, -0.05) is 25.7 Å². The third-order valence-electron chi connectivity index (χ3n) is 4.56. The highest BCUT2D eigenvalue weighted by molar-refractivity contribution is 5.89. The predicted molar refractivity (Wildman–Crippen MR) is 84.7 cm³/mol. The summed E-state index contributed by atoms with van der Waals surface area (Å²) in [6.07, 6.45) is 12.2. The second-order valence-electron chi connectivity index (χ2n) is 6.05. The van der Waals surface area contributed by atoms with Gasteiger partial charge in [0.2, 0.25) is 0 Å². The Morgan fingerprint density at radius 2 is 1.36 bits per heavy atom. The molecule has 22 heavy (non-hydrogen) atoms. The van der Waals surface area contributed by atoms with Crippen molar-refractivity contribution in [3.63, 3.8) is 0 Å². The van der Waals surface area contributed by atoms with Crippen LogP contribution in [-0.2, 0) is 9.59 Å². The van der Waals surface area contributed by atoms with Gasteiger partial charge in [-0.05, 0) is 38.8 Å².